The maximum Gasteiger partial charge on any atom is 0.0702 e. The molecule has 3 nitrogen and oxygen atoms in total. The summed E-state index contributed by atoms with van der Waals surface area (Å²) < 4.78 is 2.29. The van der Waals surface area contributed by atoms with Crippen molar-refractivity contribution in [3.63, 3.8) is 0 Å². The van der Waals surface area contributed by atoms with Crippen LogP contribution in [0, 0.1) is 0 Å². The van der Waals surface area contributed by atoms with Crippen molar-refractivity contribution in [2.45, 2.75) is 32.4 Å². The third-order valence-electron chi connectivity index (χ3n) is 4.11. The van der Waals surface area contributed by atoms with Crippen molar-refractivity contribution in [2.24, 2.45) is 0 Å². The number of likely N-dealkylation sites (tertiary alicyclic amines) is 1. The van der Waals surface area contributed by atoms with Gasteiger partial charge in [-0.05, 0) is 50.3 Å². The molecule has 3 heteroatoms. The summed E-state index contributed by atoms with van der Waals surface area (Å²) in [6.07, 6.45) is 6.06. The van der Waals surface area contributed by atoms with Crippen molar-refractivity contribution in [3.8, 4) is 0 Å². The lowest BCUT2D eigenvalue weighted by atomic mass is 10.1. The van der Waals surface area contributed by atoms with Crippen LogP contribution in [0.2, 0.25) is 0 Å². The van der Waals surface area contributed by atoms with E-state index in [-0.39, 0.29) is 6.61 Å². The van der Waals surface area contributed by atoms with Gasteiger partial charge in [-0.15, -0.1) is 0 Å². The highest BCUT2D eigenvalue weighted by atomic mass is 16.3. The SMILES string of the molecule is OCc1cccc2ccn(CCCN3CCCC3)c12. The highest BCUT2D eigenvalue weighted by Crippen LogP contribution is 2.21. The van der Waals surface area contributed by atoms with Crippen LogP contribution < -0.4 is 0 Å². The van der Waals surface area contributed by atoms with Gasteiger partial charge >= 0.3 is 0 Å². The van der Waals surface area contributed by atoms with Crippen LogP contribution in [0.25, 0.3) is 10.9 Å². The number of hydrogen-bond acceptors (Lipinski definition) is 2. The summed E-state index contributed by atoms with van der Waals surface area (Å²) in [4.78, 5) is 2.55. The van der Waals surface area contributed by atoms with E-state index in [0.717, 1.165) is 12.1 Å². The molecule has 1 aliphatic rings. The molecule has 3 rings (SSSR count). The molecule has 0 spiro atoms. The standard InChI is InChI=1S/C16H22N2O/c19-13-15-6-3-5-14-7-12-18(16(14)15)11-4-10-17-8-1-2-9-17/h3,5-7,12,19H,1-2,4,8-11,13H2. The number of rotatable bonds is 5. The average Bonchev–Trinajstić information content (AvgIpc) is 3.08. The van der Waals surface area contributed by atoms with Gasteiger partial charge in [0.1, 0.15) is 0 Å². The van der Waals surface area contributed by atoms with Crippen LogP contribution in [-0.4, -0.2) is 34.2 Å². The van der Waals surface area contributed by atoms with Crippen LogP contribution in [0.1, 0.15) is 24.8 Å². The number of nitrogens with zero attached hydrogens (tertiary/aromatic N) is 2. The molecular formula is C16H22N2O. The number of aliphatic hydroxyl groups excluding tert-OH is 1. The van der Waals surface area contributed by atoms with E-state index in [4.69, 9.17) is 0 Å². The zero-order valence-electron chi connectivity index (χ0n) is 11.4. The van der Waals surface area contributed by atoms with Crippen molar-refractivity contribution in [1.82, 2.24) is 9.47 Å². The van der Waals surface area contributed by atoms with Gasteiger partial charge in [0.05, 0.1) is 12.1 Å². The minimum atomic E-state index is 0.119. The molecule has 1 aliphatic heterocycles. The van der Waals surface area contributed by atoms with Gasteiger partial charge in [0.15, 0.2) is 0 Å². The number of fused-ring (bicyclic) bond motifs is 1. The van der Waals surface area contributed by atoms with Crippen LogP contribution in [-0.2, 0) is 13.2 Å². The molecule has 0 atom stereocenters. The van der Waals surface area contributed by atoms with Gasteiger partial charge in [-0.2, -0.15) is 0 Å². The molecule has 0 aliphatic carbocycles. The van der Waals surface area contributed by atoms with Gasteiger partial charge in [0.2, 0.25) is 0 Å². The van der Waals surface area contributed by atoms with Crippen LogP contribution >= 0.6 is 0 Å². The van der Waals surface area contributed by atoms with E-state index >= 15 is 0 Å². The van der Waals surface area contributed by atoms with Gasteiger partial charge in [-0.25, -0.2) is 0 Å². The quantitative estimate of drug-likeness (QED) is 0.893. The van der Waals surface area contributed by atoms with Crippen LogP contribution in [0.3, 0.4) is 0 Å². The summed E-state index contributed by atoms with van der Waals surface area (Å²) in [5, 5.41) is 10.7. The fourth-order valence-corrected chi connectivity index (χ4v) is 3.13. The number of aliphatic hydroxyl groups is 1. The molecule has 19 heavy (non-hydrogen) atoms. The molecule has 0 unspecified atom stereocenters. The first-order chi connectivity index (χ1) is 9.38. The van der Waals surface area contributed by atoms with E-state index in [0.29, 0.717) is 0 Å². The van der Waals surface area contributed by atoms with E-state index in [1.807, 2.05) is 12.1 Å². The maximum absolute atomic E-state index is 9.45. The second-order valence-corrected chi connectivity index (χ2v) is 5.42. The Morgan fingerprint density at radius 2 is 1.89 bits per heavy atom. The Kier molecular flexibility index (Phi) is 3.85. The normalized spacial score (nSPS) is 16.5. The Labute approximate surface area is 114 Å². The number of hydrogen-bond donors (Lipinski definition) is 1. The number of para-hydroxylation sites is 1. The monoisotopic (exact) mass is 258 g/mol. The molecule has 0 amide bonds. The average molecular weight is 258 g/mol. The molecule has 2 aromatic rings. The first-order valence-electron chi connectivity index (χ1n) is 7.28. The summed E-state index contributed by atoms with van der Waals surface area (Å²) in [6, 6.07) is 8.29. The third-order valence-corrected chi connectivity index (χ3v) is 4.11. The van der Waals surface area contributed by atoms with E-state index in [1.165, 1.54) is 49.8 Å². The van der Waals surface area contributed by atoms with Crippen LogP contribution in [0.15, 0.2) is 30.5 Å². The summed E-state index contributed by atoms with van der Waals surface area (Å²) in [5.74, 6) is 0. The predicted molar refractivity (Wildman–Crippen MR) is 78.2 cm³/mol. The molecule has 2 heterocycles. The van der Waals surface area contributed by atoms with Crippen molar-refractivity contribution in [3.05, 3.63) is 36.0 Å². The highest BCUT2D eigenvalue weighted by Gasteiger charge is 2.11. The number of aromatic nitrogens is 1. The molecule has 1 N–H and O–H groups in total. The Bertz CT molecular complexity index is 541. The van der Waals surface area contributed by atoms with E-state index in [2.05, 4.69) is 27.8 Å². The molecule has 0 radical (unpaired) electrons. The fourth-order valence-electron chi connectivity index (χ4n) is 3.13. The Morgan fingerprint density at radius 1 is 1.05 bits per heavy atom. The molecule has 1 aromatic carbocycles. The molecule has 0 saturated carbocycles. The topological polar surface area (TPSA) is 28.4 Å². The molecule has 102 valence electrons. The van der Waals surface area contributed by atoms with Gasteiger partial charge in [-0.1, -0.05) is 18.2 Å². The third kappa shape index (κ3) is 2.67. The van der Waals surface area contributed by atoms with Crippen molar-refractivity contribution >= 4 is 10.9 Å². The second kappa shape index (κ2) is 5.76. The van der Waals surface area contributed by atoms with Crippen molar-refractivity contribution < 1.29 is 5.11 Å². The lowest BCUT2D eigenvalue weighted by molar-refractivity contribution is 0.282. The Hall–Kier alpha value is -1.32. The largest absolute Gasteiger partial charge is 0.392 e. The zero-order valence-corrected chi connectivity index (χ0v) is 11.4. The lowest BCUT2D eigenvalue weighted by Crippen LogP contribution is -2.21. The summed E-state index contributed by atoms with van der Waals surface area (Å²) >= 11 is 0. The number of aryl methyl sites for hydroxylation is 1. The minimum Gasteiger partial charge on any atom is -0.392 e. The molecular weight excluding hydrogens is 236 g/mol. The smallest absolute Gasteiger partial charge is 0.0702 e. The molecule has 1 fully saturated rings. The second-order valence-electron chi connectivity index (χ2n) is 5.42. The fraction of sp³-hybridized carbons (Fsp3) is 0.500. The van der Waals surface area contributed by atoms with Crippen molar-refractivity contribution in [1.29, 1.82) is 0 Å². The lowest BCUT2D eigenvalue weighted by Gasteiger charge is -2.15. The van der Waals surface area contributed by atoms with Crippen LogP contribution in [0.5, 0.6) is 0 Å². The van der Waals surface area contributed by atoms with Gasteiger partial charge < -0.3 is 14.6 Å². The van der Waals surface area contributed by atoms with E-state index in [1.54, 1.807) is 0 Å². The van der Waals surface area contributed by atoms with E-state index < -0.39 is 0 Å². The molecule has 1 aromatic heterocycles. The minimum absolute atomic E-state index is 0.119. The first-order valence-corrected chi connectivity index (χ1v) is 7.28. The maximum atomic E-state index is 9.45. The Balaban J connectivity index is 1.70. The summed E-state index contributed by atoms with van der Waals surface area (Å²) in [5.41, 5.74) is 2.23. The summed E-state index contributed by atoms with van der Waals surface area (Å²) in [6.45, 7) is 4.90. The number of benzene rings is 1. The van der Waals surface area contributed by atoms with Crippen molar-refractivity contribution in [2.75, 3.05) is 19.6 Å². The zero-order chi connectivity index (χ0) is 13.1. The highest BCUT2D eigenvalue weighted by molar-refractivity contribution is 5.83. The van der Waals surface area contributed by atoms with E-state index in [9.17, 15) is 5.11 Å². The van der Waals surface area contributed by atoms with Gasteiger partial charge in [-0.3, -0.25) is 0 Å². The Morgan fingerprint density at radius 3 is 2.68 bits per heavy atom. The summed E-state index contributed by atoms with van der Waals surface area (Å²) in [7, 11) is 0. The molecule has 1 saturated heterocycles. The first kappa shape index (κ1) is 12.7. The van der Waals surface area contributed by atoms with Crippen LogP contribution in [0.4, 0.5) is 0 Å². The van der Waals surface area contributed by atoms with Gasteiger partial charge in [0, 0.05) is 18.3 Å². The molecule has 0 bridgehead atoms. The predicted octanol–water partition coefficient (Wildman–Crippen LogP) is 2.62. The van der Waals surface area contributed by atoms with Gasteiger partial charge in [0.25, 0.3) is 0 Å².